The molecule has 18 heavy (non-hydrogen) atoms. The van der Waals surface area contributed by atoms with Gasteiger partial charge in [0.2, 0.25) is 0 Å². The summed E-state index contributed by atoms with van der Waals surface area (Å²) in [4.78, 5) is 0. The third-order valence-electron chi connectivity index (χ3n) is 2.67. The van der Waals surface area contributed by atoms with Crippen LogP contribution in [0.5, 0.6) is 0 Å². The molecule has 0 aliphatic rings. The van der Waals surface area contributed by atoms with Gasteiger partial charge in [-0.15, -0.1) is 0 Å². The fourth-order valence-corrected chi connectivity index (χ4v) is 2.14. The maximum atomic E-state index is 13.4. The molecule has 2 aromatic rings. The Hall–Kier alpha value is -1.20. The third kappa shape index (κ3) is 3.65. The molecule has 0 fully saturated rings. The molecular weight excluding hydrogens is 297 g/mol. The van der Waals surface area contributed by atoms with Gasteiger partial charge in [-0.25, -0.2) is 4.39 Å². The van der Waals surface area contributed by atoms with E-state index in [9.17, 15) is 4.39 Å². The molecule has 1 N–H and O–H groups in total. The second-order valence-corrected chi connectivity index (χ2v) is 5.10. The molecule has 0 bridgehead atoms. The minimum Gasteiger partial charge on any atom is -0.312 e. The SMILES string of the molecule is Cn1cc(CCNCc2cc(Br)ccc2F)cn1. The van der Waals surface area contributed by atoms with Crippen molar-refractivity contribution in [3.63, 3.8) is 0 Å². The number of nitrogens with one attached hydrogen (secondary N) is 1. The highest BCUT2D eigenvalue weighted by atomic mass is 79.9. The molecule has 0 aliphatic carbocycles. The minimum absolute atomic E-state index is 0.174. The lowest BCUT2D eigenvalue weighted by molar-refractivity contribution is 0.588. The number of nitrogens with zero attached hydrogens (tertiary/aromatic N) is 2. The molecule has 0 radical (unpaired) electrons. The van der Waals surface area contributed by atoms with Crippen LogP contribution in [0.15, 0.2) is 35.1 Å². The van der Waals surface area contributed by atoms with Gasteiger partial charge in [-0.3, -0.25) is 4.68 Å². The van der Waals surface area contributed by atoms with E-state index in [2.05, 4.69) is 26.3 Å². The van der Waals surface area contributed by atoms with Crippen molar-refractivity contribution in [1.29, 1.82) is 0 Å². The van der Waals surface area contributed by atoms with Gasteiger partial charge in [0.05, 0.1) is 6.20 Å². The van der Waals surface area contributed by atoms with Gasteiger partial charge in [0.15, 0.2) is 0 Å². The molecule has 2 rings (SSSR count). The van der Waals surface area contributed by atoms with Crippen molar-refractivity contribution >= 4 is 15.9 Å². The first-order valence-corrected chi connectivity index (χ1v) is 6.56. The fourth-order valence-electron chi connectivity index (χ4n) is 1.74. The quantitative estimate of drug-likeness (QED) is 0.860. The second kappa shape index (κ2) is 6.11. The van der Waals surface area contributed by atoms with Crippen LogP contribution in [0, 0.1) is 5.82 Å². The Balaban J connectivity index is 1.80. The largest absolute Gasteiger partial charge is 0.312 e. The van der Waals surface area contributed by atoms with E-state index in [4.69, 9.17) is 0 Å². The van der Waals surface area contributed by atoms with Gasteiger partial charge < -0.3 is 5.32 Å². The molecule has 0 amide bonds. The Morgan fingerprint density at radius 1 is 1.44 bits per heavy atom. The van der Waals surface area contributed by atoms with Crippen LogP contribution in [0.1, 0.15) is 11.1 Å². The molecule has 3 nitrogen and oxygen atoms in total. The van der Waals surface area contributed by atoms with Crippen molar-refractivity contribution in [2.75, 3.05) is 6.54 Å². The van der Waals surface area contributed by atoms with Gasteiger partial charge in [-0.1, -0.05) is 15.9 Å². The molecule has 1 aromatic carbocycles. The lowest BCUT2D eigenvalue weighted by Crippen LogP contribution is -2.17. The highest BCUT2D eigenvalue weighted by Gasteiger charge is 2.02. The molecule has 0 saturated heterocycles. The average molecular weight is 312 g/mol. The predicted molar refractivity (Wildman–Crippen MR) is 72.7 cm³/mol. The van der Waals surface area contributed by atoms with Crippen LogP contribution < -0.4 is 5.32 Å². The van der Waals surface area contributed by atoms with Crippen LogP contribution >= 0.6 is 15.9 Å². The smallest absolute Gasteiger partial charge is 0.127 e. The molecule has 96 valence electrons. The molecule has 0 atom stereocenters. The highest BCUT2D eigenvalue weighted by Crippen LogP contribution is 2.15. The first kappa shape index (κ1) is 13.2. The lowest BCUT2D eigenvalue weighted by atomic mass is 10.2. The zero-order valence-electron chi connectivity index (χ0n) is 10.2. The summed E-state index contributed by atoms with van der Waals surface area (Å²) in [6.07, 6.45) is 4.73. The van der Waals surface area contributed by atoms with E-state index in [0.717, 1.165) is 17.4 Å². The topological polar surface area (TPSA) is 29.9 Å². The molecule has 0 spiro atoms. The number of rotatable bonds is 5. The Kier molecular flexibility index (Phi) is 4.49. The van der Waals surface area contributed by atoms with E-state index in [1.807, 2.05) is 19.4 Å². The number of aryl methyl sites for hydroxylation is 1. The maximum absolute atomic E-state index is 13.4. The Morgan fingerprint density at radius 2 is 2.28 bits per heavy atom. The highest BCUT2D eigenvalue weighted by molar-refractivity contribution is 9.10. The first-order valence-electron chi connectivity index (χ1n) is 5.77. The number of halogens is 2. The summed E-state index contributed by atoms with van der Waals surface area (Å²) in [6.45, 7) is 1.34. The molecule has 5 heteroatoms. The van der Waals surface area contributed by atoms with Gasteiger partial charge >= 0.3 is 0 Å². The Labute approximate surface area is 114 Å². The van der Waals surface area contributed by atoms with Crippen molar-refractivity contribution in [2.24, 2.45) is 7.05 Å². The summed E-state index contributed by atoms with van der Waals surface area (Å²) in [7, 11) is 1.90. The standard InChI is InChI=1S/C13H15BrFN3/c1-18-9-10(7-17-18)4-5-16-8-11-6-12(14)2-3-13(11)15/h2-3,6-7,9,16H,4-5,8H2,1H3. The van der Waals surface area contributed by atoms with Crippen LogP contribution in [0.4, 0.5) is 4.39 Å². The van der Waals surface area contributed by atoms with Crippen molar-refractivity contribution in [2.45, 2.75) is 13.0 Å². The lowest BCUT2D eigenvalue weighted by Gasteiger charge is -2.05. The van der Waals surface area contributed by atoms with E-state index in [-0.39, 0.29) is 5.82 Å². The van der Waals surface area contributed by atoms with Crippen LogP contribution in [-0.2, 0) is 20.0 Å². The summed E-state index contributed by atoms with van der Waals surface area (Å²) in [5.74, 6) is -0.174. The van der Waals surface area contributed by atoms with E-state index >= 15 is 0 Å². The van der Waals surface area contributed by atoms with Gasteiger partial charge in [-0.2, -0.15) is 5.10 Å². The summed E-state index contributed by atoms with van der Waals surface area (Å²) in [5.41, 5.74) is 1.86. The zero-order valence-corrected chi connectivity index (χ0v) is 11.7. The minimum atomic E-state index is -0.174. The summed E-state index contributed by atoms with van der Waals surface area (Å²) >= 11 is 3.34. The van der Waals surface area contributed by atoms with Crippen molar-refractivity contribution in [1.82, 2.24) is 15.1 Å². The van der Waals surface area contributed by atoms with Gasteiger partial charge in [0, 0.05) is 29.8 Å². The van der Waals surface area contributed by atoms with Crippen LogP contribution in [0.2, 0.25) is 0 Å². The van der Waals surface area contributed by atoms with Crippen molar-refractivity contribution in [3.05, 3.63) is 52.0 Å². The summed E-state index contributed by atoms with van der Waals surface area (Å²) in [6, 6.07) is 4.98. The third-order valence-corrected chi connectivity index (χ3v) is 3.17. The number of hydrogen-bond donors (Lipinski definition) is 1. The molecule has 0 unspecified atom stereocenters. The van der Waals surface area contributed by atoms with Gasteiger partial charge in [0.1, 0.15) is 5.82 Å². The van der Waals surface area contributed by atoms with E-state index in [1.165, 1.54) is 11.6 Å². The molecular formula is C13H15BrFN3. The fraction of sp³-hybridized carbons (Fsp3) is 0.308. The number of aromatic nitrogens is 2. The maximum Gasteiger partial charge on any atom is 0.127 e. The Morgan fingerprint density at radius 3 is 3.00 bits per heavy atom. The molecule has 0 aliphatic heterocycles. The van der Waals surface area contributed by atoms with Gasteiger partial charge in [-0.05, 0) is 36.7 Å². The number of hydrogen-bond acceptors (Lipinski definition) is 2. The summed E-state index contributed by atoms with van der Waals surface area (Å²) in [5, 5.41) is 7.33. The number of benzene rings is 1. The van der Waals surface area contributed by atoms with Crippen LogP contribution in [0.25, 0.3) is 0 Å². The zero-order chi connectivity index (χ0) is 13.0. The molecule has 0 saturated carbocycles. The van der Waals surface area contributed by atoms with Crippen molar-refractivity contribution in [3.8, 4) is 0 Å². The van der Waals surface area contributed by atoms with E-state index in [0.29, 0.717) is 12.1 Å². The van der Waals surface area contributed by atoms with Gasteiger partial charge in [0.25, 0.3) is 0 Å². The summed E-state index contributed by atoms with van der Waals surface area (Å²) < 4.78 is 16.1. The predicted octanol–water partition coefficient (Wildman–Crippen LogP) is 2.65. The second-order valence-electron chi connectivity index (χ2n) is 4.18. The monoisotopic (exact) mass is 311 g/mol. The van der Waals surface area contributed by atoms with Crippen LogP contribution in [0.3, 0.4) is 0 Å². The molecule has 1 heterocycles. The Bertz CT molecular complexity index is 525. The molecule has 1 aromatic heterocycles. The average Bonchev–Trinajstić information content (AvgIpc) is 2.75. The van der Waals surface area contributed by atoms with E-state index < -0.39 is 0 Å². The van der Waals surface area contributed by atoms with E-state index in [1.54, 1.807) is 16.8 Å². The van der Waals surface area contributed by atoms with Crippen molar-refractivity contribution < 1.29 is 4.39 Å². The normalized spacial score (nSPS) is 10.8. The first-order chi connectivity index (χ1) is 8.65. The van der Waals surface area contributed by atoms with Crippen LogP contribution in [-0.4, -0.2) is 16.3 Å².